The minimum Gasteiger partial charge on any atom is -0.356 e. The summed E-state index contributed by atoms with van der Waals surface area (Å²) in [6.45, 7) is 3.95. The average molecular weight is 338 g/mol. The number of carbonyl (C=O) groups excluding carboxylic acids is 2. The summed E-state index contributed by atoms with van der Waals surface area (Å²) in [5.41, 5.74) is 1.56. The summed E-state index contributed by atoms with van der Waals surface area (Å²) in [5, 5.41) is 2.74. The van der Waals surface area contributed by atoms with Crippen LogP contribution in [0.25, 0.3) is 0 Å². The van der Waals surface area contributed by atoms with Crippen molar-refractivity contribution >= 4 is 21.8 Å². The third-order valence-corrected chi connectivity index (χ3v) is 5.23. The van der Waals surface area contributed by atoms with Crippen LogP contribution in [0.2, 0.25) is 0 Å². The number of nitrogens with one attached hydrogen (secondary N) is 2. The first kappa shape index (κ1) is 17.5. The summed E-state index contributed by atoms with van der Waals surface area (Å²) in [7, 11) is -3.85. The Kier molecular flexibility index (Phi) is 5.41. The van der Waals surface area contributed by atoms with Gasteiger partial charge in [-0.1, -0.05) is 17.7 Å². The number of carbonyl (C=O) groups is 2. The Morgan fingerprint density at radius 2 is 1.91 bits per heavy atom. The lowest BCUT2D eigenvalue weighted by atomic mass is 10.2. The third-order valence-electron chi connectivity index (χ3n) is 3.70. The molecule has 1 aromatic carbocycles. The highest BCUT2D eigenvalue weighted by Gasteiger charge is 2.29. The molecule has 0 unspecified atom stereocenters. The van der Waals surface area contributed by atoms with Crippen molar-refractivity contribution in [3.8, 4) is 0 Å². The molecule has 0 atom stereocenters. The highest BCUT2D eigenvalue weighted by Crippen LogP contribution is 2.28. The van der Waals surface area contributed by atoms with E-state index in [0.717, 1.165) is 18.4 Å². The Morgan fingerprint density at radius 1 is 1.22 bits per heavy atom. The van der Waals surface area contributed by atoms with Gasteiger partial charge < -0.3 is 5.32 Å². The Labute approximate surface area is 136 Å². The van der Waals surface area contributed by atoms with Crippen LogP contribution < -0.4 is 10.0 Å². The van der Waals surface area contributed by atoms with E-state index in [1.807, 2.05) is 6.92 Å². The second-order valence-electron chi connectivity index (χ2n) is 5.97. The fourth-order valence-corrected chi connectivity index (χ4v) is 3.55. The summed E-state index contributed by atoms with van der Waals surface area (Å²) in [4.78, 5) is 23.3. The van der Waals surface area contributed by atoms with Crippen LogP contribution in [0.1, 0.15) is 36.8 Å². The maximum atomic E-state index is 12.2. The molecule has 0 aliphatic heterocycles. The van der Waals surface area contributed by atoms with Crippen LogP contribution in [0, 0.1) is 19.8 Å². The fraction of sp³-hybridized carbons (Fsp3) is 0.500. The summed E-state index contributed by atoms with van der Waals surface area (Å²) in [6.07, 6.45) is 2.32. The van der Waals surface area contributed by atoms with E-state index < -0.39 is 15.9 Å². The van der Waals surface area contributed by atoms with Crippen LogP contribution in [0.4, 0.5) is 0 Å². The van der Waals surface area contributed by atoms with Gasteiger partial charge in [0.2, 0.25) is 11.8 Å². The molecule has 7 heteroatoms. The number of sulfonamides is 1. The molecule has 0 aromatic heterocycles. The predicted molar refractivity (Wildman–Crippen MR) is 86.2 cm³/mol. The van der Waals surface area contributed by atoms with Crippen molar-refractivity contribution in [2.45, 2.75) is 44.4 Å². The summed E-state index contributed by atoms with van der Waals surface area (Å²) in [6, 6.07) is 4.95. The Morgan fingerprint density at radius 3 is 2.52 bits per heavy atom. The first-order chi connectivity index (χ1) is 10.8. The molecule has 0 saturated heterocycles. The number of benzene rings is 1. The van der Waals surface area contributed by atoms with Gasteiger partial charge in [0.15, 0.2) is 0 Å². The Hall–Kier alpha value is -1.89. The maximum absolute atomic E-state index is 12.2. The summed E-state index contributed by atoms with van der Waals surface area (Å²) >= 11 is 0. The van der Waals surface area contributed by atoms with Gasteiger partial charge in [-0.25, -0.2) is 13.1 Å². The van der Waals surface area contributed by atoms with Crippen LogP contribution in [-0.2, 0) is 19.6 Å². The molecule has 2 amide bonds. The van der Waals surface area contributed by atoms with Crippen LogP contribution in [0.3, 0.4) is 0 Å². The highest BCUT2D eigenvalue weighted by atomic mass is 32.2. The van der Waals surface area contributed by atoms with Gasteiger partial charge in [0.25, 0.3) is 10.0 Å². The van der Waals surface area contributed by atoms with Gasteiger partial charge in [-0.2, -0.15) is 0 Å². The van der Waals surface area contributed by atoms with Gasteiger partial charge in [-0.15, -0.1) is 0 Å². The van der Waals surface area contributed by atoms with Crippen molar-refractivity contribution < 1.29 is 18.0 Å². The van der Waals surface area contributed by atoms with Gasteiger partial charge in [-0.3, -0.25) is 9.59 Å². The van der Waals surface area contributed by atoms with Crippen molar-refractivity contribution in [1.29, 1.82) is 0 Å². The lowest BCUT2D eigenvalue weighted by Gasteiger charge is -2.10. The molecule has 0 radical (unpaired) electrons. The van der Waals surface area contributed by atoms with E-state index in [-0.39, 0.29) is 23.1 Å². The molecule has 1 aromatic rings. The number of amides is 2. The van der Waals surface area contributed by atoms with E-state index in [2.05, 4.69) is 10.0 Å². The second kappa shape index (κ2) is 7.12. The van der Waals surface area contributed by atoms with Crippen molar-refractivity contribution in [2.24, 2.45) is 5.92 Å². The maximum Gasteiger partial charge on any atom is 0.264 e. The number of hydrogen-bond donors (Lipinski definition) is 2. The quantitative estimate of drug-likeness (QED) is 0.735. The van der Waals surface area contributed by atoms with Gasteiger partial charge in [-0.05, 0) is 44.7 Å². The van der Waals surface area contributed by atoms with Crippen LogP contribution in [0.15, 0.2) is 23.1 Å². The SMILES string of the molecule is Cc1ccc(S(=O)(=O)NC(=O)CCCNC(=O)C2CC2)c(C)c1. The smallest absolute Gasteiger partial charge is 0.264 e. The molecule has 126 valence electrons. The van der Waals surface area contributed by atoms with Crippen LogP contribution in [0.5, 0.6) is 0 Å². The molecule has 6 nitrogen and oxygen atoms in total. The topological polar surface area (TPSA) is 92.3 Å². The fourth-order valence-electron chi connectivity index (χ4n) is 2.31. The average Bonchev–Trinajstić information content (AvgIpc) is 3.26. The van der Waals surface area contributed by atoms with Crippen molar-refractivity contribution in [1.82, 2.24) is 10.0 Å². The van der Waals surface area contributed by atoms with Crippen molar-refractivity contribution in [3.63, 3.8) is 0 Å². The van der Waals surface area contributed by atoms with Gasteiger partial charge >= 0.3 is 0 Å². The molecule has 0 heterocycles. The van der Waals surface area contributed by atoms with E-state index in [4.69, 9.17) is 0 Å². The van der Waals surface area contributed by atoms with E-state index in [1.54, 1.807) is 19.1 Å². The zero-order chi connectivity index (χ0) is 17.0. The molecule has 2 rings (SSSR count). The highest BCUT2D eigenvalue weighted by molar-refractivity contribution is 7.90. The molecule has 2 N–H and O–H groups in total. The van der Waals surface area contributed by atoms with E-state index in [9.17, 15) is 18.0 Å². The monoisotopic (exact) mass is 338 g/mol. The molecule has 0 spiro atoms. The summed E-state index contributed by atoms with van der Waals surface area (Å²) < 4.78 is 26.5. The molecule has 1 aliphatic rings. The van der Waals surface area contributed by atoms with E-state index >= 15 is 0 Å². The zero-order valence-electron chi connectivity index (χ0n) is 13.4. The van der Waals surface area contributed by atoms with Gasteiger partial charge in [0, 0.05) is 18.9 Å². The molecular formula is C16H22N2O4S. The van der Waals surface area contributed by atoms with Crippen LogP contribution >= 0.6 is 0 Å². The van der Waals surface area contributed by atoms with Gasteiger partial charge in [0.05, 0.1) is 4.90 Å². The number of rotatable bonds is 7. The molecular weight excluding hydrogens is 316 g/mol. The number of aryl methyl sites for hydroxylation is 2. The Bertz CT molecular complexity index is 709. The van der Waals surface area contributed by atoms with Crippen molar-refractivity contribution in [2.75, 3.05) is 6.54 Å². The number of hydrogen-bond acceptors (Lipinski definition) is 4. The Balaban J connectivity index is 1.82. The molecule has 1 fully saturated rings. The van der Waals surface area contributed by atoms with Crippen molar-refractivity contribution in [3.05, 3.63) is 29.3 Å². The lowest BCUT2D eigenvalue weighted by Crippen LogP contribution is -2.32. The molecule has 0 bridgehead atoms. The first-order valence-corrected chi connectivity index (χ1v) is 9.18. The standard InChI is InChI=1S/C16H22N2O4S/c1-11-5-8-14(12(2)10-11)23(21,22)18-15(19)4-3-9-17-16(20)13-6-7-13/h5,8,10,13H,3-4,6-7,9H2,1-2H3,(H,17,20)(H,18,19). The zero-order valence-corrected chi connectivity index (χ0v) is 14.2. The van der Waals surface area contributed by atoms with E-state index in [1.165, 1.54) is 6.07 Å². The lowest BCUT2D eigenvalue weighted by molar-refractivity contribution is -0.123. The van der Waals surface area contributed by atoms with Gasteiger partial charge in [0.1, 0.15) is 0 Å². The molecule has 23 heavy (non-hydrogen) atoms. The van der Waals surface area contributed by atoms with Crippen LogP contribution in [-0.4, -0.2) is 26.8 Å². The second-order valence-corrected chi connectivity index (χ2v) is 7.62. The largest absolute Gasteiger partial charge is 0.356 e. The normalized spacial score (nSPS) is 14.3. The predicted octanol–water partition coefficient (Wildman–Crippen LogP) is 1.41. The summed E-state index contributed by atoms with van der Waals surface area (Å²) in [5.74, 6) is -0.410. The first-order valence-electron chi connectivity index (χ1n) is 7.70. The molecule has 1 saturated carbocycles. The minimum atomic E-state index is -3.85. The minimum absolute atomic E-state index is 0.0216. The molecule has 1 aliphatic carbocycles. The van der Waals surface area contributed by atoms with E-state index in [0.29, 0.717) is 18.5 Å². The third kappa shape index (κ3) is 5.06.